The van der Waals surface area contributed by atoms with Crippen molar-refractivity contribution in [3.63, 3.8) is 0 Å². The van der Waals surface area contributed by atoms with E-state index in [-0.39, 0.29) is 54.3 Å². The summed E-state index contributed by atoms with van der Waals surface area (Å²) in [6.07, 6.45) is -1.32. The van der Waals surface area contributed by atoms with Gasteiger partial charge in [-0.05, 0) is 63.0 Å². The van der Waals surface area contributed by atoms with Crippen LogP contribution in [0.1, 0.15) is 92.1 Å². The van der Waals surface area contributed by atoms with Crippen LogP contribution in [0.25, 0.3) is 0 Å². The van der Waals surface area contributed by atoms with E-state index < -0.39 is 59.9 Å². The number of benzene rings is 1. The zero-order valence-corrected chi connectivity index (χ0v) is 37.3. The van der Waals surface area contributed by atoms with Crippen LogP contribution in [-0.2, 0) is 49.4 Å². The van der Waals surface area contributed by atoms with Crippen molar-refractivity contribution in [2.24, 2.45) is 17.8 Å². The third-order valence-electron chi connectivity index (χ3n) is 11.9. The van der Waals surface area contributed by atoms with Crippen LogP contribution in [0.4, 0.5) is 13.2 Å². The van der Waals surface area contributed by atoms with Gasteiger partial charge in [-0.25, -0.2) is 9.59 Å². The fourth-order valence-corrected chi connectivity index (χ4v) is 8.08. The lowest BCUT2D eigenvalue weighted by Crippen LogP contribution is -2.63. The van der Waals surface area contributed by atoms with E-state index in [1.165, 1.54) is 14.2 Å². The third kappa shape index (κ3) is 14.9. The van der Waals surface area contributed by atoms with Crippen LogP contribution in [0.2, 0.25) is 0 Å². The van der Waals surface area contributed by atoms with Crippen molar-refractivity contribution in [3.05, 3.63) is 35.9 Å². The number of amides is 4. The Kier molecular flexibility index (Phi) is 21.1. The van der Waals surface area contributed by atoms with Gasteiger partial charge in [0.2, 0.25) is 23.6 Å². The van der Waals surface area contributed by atoms with E-state index in [0.717, 1.165) is 37.8 Å². The lowest BCUT2D eigenvalue weighted by Gasteiger charge is -2.41. The first kappa shape index (κ1) is 52.8. The molecular formula is C43H68F3N5O10. The quantitative estimate of drug-likeness (QED) is 0.146. The summed E-state index contributed by atoms with van der Waals surface area (Å²) in [6, 6.07) is 6.90. The minimum atomic E-state index is -5.08. The number of ether oxygens (including phenoxy) is 3. The van der Waals surface area contributed by atoms with E-state index in [4.69, 9.17) is 24.1 Å². The fourth-order valence-electron chi connectivity index (χ4n) is 8.08. The van der Waals surface area contributed by atoms with E-state index in [0.29, 0.717) is 19.4 Å². The van der Waals surface area contributed by atoms with Gasteiger partial charge >= 0.3 is 18.1 Å². The third-order valence-corrected chi connectivity index (χ3v) is 11.9. The molecule has 15 nitrogen and oxygen atoms in total. The predicted octanol–water partition coefficient (Wildman–Crippen LogP) is 4.11. The molecular weight excluding hydrogens is 803 g/mol. The van der Waals surface area contributed by atoms with Crippen molar-refractivity contribution in [2.45, 2.75) is 141 Å². The molecule has 4 amide bonds. The molecule has 2 fully saturated rings. The maximum Gasteiger partial charge on any atom is 0.490 e. The number of esters is 1. The highest BCUT2D eigenvalue weighted by molar-refractivity contribution is 5.92. The van der Waals surface area contributed by atoms with Crippen molar-refractivity contribution in [3.8, 4) is 0 Å². The first-order valence-electron chi connectivity index (χ1n) is 21.0. The lowest BCUT2D eigenvalue weighted by atomic mass is 9.88. The Hall–Kier alpha value is -4.29. The normalized spacial score (nSPS) is 21.3. The molecule has 346 valence electrons. The van der Waals surface area contributed by atoms with Gasteiger partial charge < -0.3 is 45.1 Å². The highest BCUT2D eigenvalue weighted by Gasteiger charge is 2.44. The largest absolute Gasteiger partial charge is 0.490 e. The van der Waals surface area contributed by atoms with Gasteiger partial charge in [0, 0.05) is 34.2 Å². The van der Waals surface area contributed by atoms with Crippen molar-refractivity contribution in [2.75, 3.05) is 41.5 Å². The summed E-state index contributed by atoms with van der Waals surface area (Å²) in [5.41, 5.74) is 0.139. The molecule has 4 N–H and O–H groups in total. The highest BCUT2D eigenvalue weighted by Crippen LogP contribution is 2.30. The van der Waals surface area contributed by atoms with Crippen LogP contribution in [0, 0.1) is 17.8 Å². The van der Waals surface area contributed by atoms with Gasteiger partial charge in [0.15, 0.2) is 0 Å². The molecule has 18 heteroatoms. The number of rotatable bonds is 19. The molecule has 2 heterocycles. The minimum Gasteiger partial charge on any atom is -0.475 e. The van der Waals surface area contributed by atoms with E-state index in [2.05, 4.69) is 16.0 Å². The Balaban J connectivity index is 0.00000168. The summed E-state index contributed by atoms with van der Waals surface area (Å²) in [6.45, 7) is 12.8. The standard InChI is InChI=1S/C41H67N5O8.C2HF3O2/c1-11-27(4)35(45(7)38(49)34(26(2)3)44-40(51)41(6)21-15-16-22-42-41)32(52-8)25-33(47)46-23-17-20-31(46)36(53-9)28(5)37(48)43-30(39(50)54-10)24-29-18-13-12-14-19-29;3-2(4,5)1(6)7/h12-14,18-19,26-28,30-32,34-36,42H,11,15-17,20-25H2,1-10H3,(H,43,48)(H,44,51);(H,6,7)/t27-,28+,30-,31-,32+,34-,35-,36+,41+;/m0./s1. The van der Waals surface area contributed by atoms with Gasteiger partial charge in [-0.1, -0.05) is 71.4 Å². The van der Waals surface area contributed by atoms with Gasteiger partial charge in [0.05, 0.1) is 49.3 Å². The fraction of sp³-hybridized carbons (Fsp3) is 0.721. The summed E-state index contributed by atoms with van der Waals surface area (Å²) >= 11 is 0. The lowest BCUT2D eigenvalue weighted by molar-refractivity contribution is -0.192. The molecule has 0 aromatic heterocycles. The van der Waals surface area contributed by atoms with Crippen LogP contribution in [0.15, 0.2) is 30.3 Å². The predicted molar refractivity (Wildman–Crippen MR) is 221 cm³/mol. The molecule has 0 unspecified atom stereocenters. The van der Waals surface area contributed by atoms with Gasteiger partial charge in [-0.3, -0.25) is 19.2 Å². The number of methoxy groups -OCH3 is 3. The molecule has 0 bridgehead atoms. The molecule has 0 radical (unpaired) electrons. The zero-order chi connectivity index (χ0) is 46.2. The van der Waals surface area contributed by atoms with Gasteiger partial charge in [-0.15, -0.1) is 0 Å². The number of aliphatic carboxylic acids is 1. The first-order chi connectivity index (χ1) is 28.6. The maximum atomic E-state index is 14.2. The molecule has 0 aliphatic carbocycles. The van der Waals surface area contributed by atoms with Gasteiger partial charge in [0.25, 0.3) is 0 Å². The minimum absolute atomic E-state index is 0.0127. The summed E-state index contributed by atoms with van der Waals surface area (Å²) in [7, 11) is 6.11. The number of piperidine rings is 1. The Morgan fingerprint density at radius 2 is 1.61 bits per heavy atom. The zero-order valence-electron chi connectivity index (χ0n) is 37.3. The topological polar surface area (TPSA) is 193 Å². The number of carboxylic acid groups (broad SMARTS) is 1. The number of alkyl halides is 3. The van der Waals surface area contributed by atoms with Gasteiger partial charge in [-0.2, -0.15) is 13.2 Å². The second kappa shape index (κ2) is 24.4. The van der Waals surface area contributed by atoms with Gasteiger partial charge in [0.1, 0.15) is 12.1 Å². The van der Waals surface area contributed by atoms with Crippen LogP contribution in [0.5, 0.6) is 0 Å². The number of likely N-dealkylation sites (tertiary alicyclic amines) is 1. The van der Waals surface area contributed by atoms with E-state index in [9.17, 15) is 37.1 Å². The molecule has 0 saturated carbocycles. The molecule has 2 aliphatic rings. The average Bonchev–Trinajstić information content (AvgIpc) is 3.71. The monoisotopic (exact) mass is 871 g/mol. The Bertz CT molecular complexity index is 1590. The molecule has 3 rings (SSSR count). The number of nitrogens with zero attached hydrogens (tertiary/aromatic N) is 2. The highest BCUT2D eigenvalue weighted by atomic mass is 19.4. The van der Waals surface area contributed by atoms with Crippen molar-refractivity contribution in [1.82, 2.24) is 25.8 Å². The summed E-state index contributed by atoms with van der Waals surface area (Å²) < 4.78 is 48.7. The van der Waals surface area contributed by atoms with Crippen LogP contribution in [0.3, 0.4) is 0 Å². The maximum absolute atomic E-state index is 14.2. The molecule has 61 heavy (non-hydrogen) atoms. The van der Waals surface area contributed by atoms with Crippen LogP contribution >= 0.6 is 0 Å². The number of carboxylic acids is 1. The van der Waals surface area contributed by atoms with Crippen LogP contribution in [-0.4, -0.2) is 140 Å². The Labute approximate surface area is 358 Å². The number of nitrogens with one attached hydrogen (secondary N) is 3. The first-order valence-corrected chi connectivity index (χ1v) is 21.0. The molecule has 1 aromatic carbocycles. The summed E-state index contributed by atoms with van der Waals surface area (Å²) in [4.78, 5) is 80.6. The number of carbonyl (C=O) groups excluding carboxylic acids is 5. The molecule has 1 aromatic rings. The summed E-state index contributed by atoms with van der Waals surface area (Å²) in [5, 5.41) is 16.4. The van der Waals surface area contributed by atoms with Crippen molar-refractivity contribution in [1.29, 1.82) is 0 Å². The molecule has 9 atom stereocenters. The Morgan fingerprint density at radius 3 is 2.10 bits per heavy atom. The number of carbonyl (C=O) groups is 6. The molecule has 2 saturated heterocycles. The number of hydrogen-bond acceptors (Lipinski definition) is 10. The summed E-state index contributed by atoms with van der Waals surface area (Å²) in [5.74, 6) is -5.15. The molecule has 2 aliphatic heterocycles. The molecule has 0 spiro atoms. The van der Waals surface area contributed by atoms with Crippen LogP contribution < -0.4 is 16.0 Å². The number of likely N-dealkylation sites (N-methyl/N-ethyl adjacent to an activating group) is 1. The second-order valence-electron chi connectivity index (χ2n) is 16.6. The second-order valence-corrected chi connectivity index (χ2v) is 16.6. The van der Waals surface area contributed by atoms with E-state index in [1.54, 1.807) is 30.9 Å². The van der Waals surface area contributed by atoms with Crippen molar-refractivity contribution < 1.29 is 61.3 Å². The van der Waals surface area contributed by atoms with E-state index in [1.807, 2.05) is 65.0 Å². The van der Waals surface area contributed by atoms with Crippen molar-refractivity contribution >= 4 is 35.6 Å². The Morgan fingerprint density at radius 1 is 0.984 bits per heavy atom. The smallest absolute Gasteiger partial charge is 0.475 e. The SMILES string of the molecule is CC[C@H](C)[C@@H]([C@@H](CC(=O)N1CCC[C@H]1[C@H](OC)[C@@H](C)C(=O)N[C@@H](Cc1ccccc1)C(=O)OC)OC)N(C)C(=O)[C@@H](NC(=O)[C@@]1(C)CCCCN1)C(C)C.O=C(O)C(F)(F)F. The number of hydrogen-bond donors (Lipinski definition) is 4. The van der Waals surface area contributed by atoms with E-state index >= 15 is 0 Å². The average molecular weight is 872 g/mol. The number of halogens is 3.